The first-order valence-electron chi connectivity index (χ1n) is 9.14. The highest BCUT2D eigenvalue weighted by Crippen LogP contribution is 2.25. The number of fused-ring (bicyclic) bond motifs is 3. The number of benzene rings is 1. The number of carbonyl (C=O) groups excluding carboxylic acids is 3. The van der Waals surface area contributed by atoms with E-state index in [-0.39, 0.29) is 30.8 Å². The molecular weight excluding hydrogens is 330 g/mol. The Morgan fingerprint density at radius 1 is 1.12 bits per heavy atom. The van der Waals surface area contributed by atoms with Crippen LogP contribution in [0.2, 0.25) is 0 Å². The highest BCUT2D eigenvalue weighted by Gasteiger charge is 2.35. The molecule has 2 aromatic rings. The Morgan fingerprint density at radius 3 is 2.54 bits per heavy atom. The Kier molecular flexibility index (Phi) is 4.05. The van der Waals surface area contributed by atoms with Gasteiger partial charge in [0.1, 0.15) is 18.8 Å². The van der Waals surface area contributed by atoms with Crippen LogP contribution in [-0.4, -0.2) is 51.7 Å². The van der Waals surface area contributed by atoms with Crippen molar-refractivity contribution in [3.05, 3.63) is 36.0 Å². The van der Waals surface area contributed by atoms with Crippen LogP contribution in [-0.2, 0) is 16.1 Å². The highest BCUT2D eigenvalue weighted by atomic mass is 16.2. The lowest BCUT2D eigenvalue weighted by molar-refractivity contribution is -0.140. The average molecular weight is 353 g/mol. The summed E-state index contributed by atoms with van der Waals surface area (Å²) < 4.78 is 1.74. The SMILES string of the molecule is CC1CC(C)CN(C(=O)CN2C(=O)Cn3c(cc4ccccc43)C2=O)C1. The minimum Gasteiger partial charge on any atom is -0.341 e. The van der Waals surface area contributed by atoms with Crippen LogP contribution in [0.1, 0.15) is 30.8 Å². The van der Waals surface area contributed by atoms with E-state index < -0.39 is 0 Å². The summed E-state index contributed by atoms with van der Waals surface area (Å²) in [5.74, 6) is 0.0323. The fraction of sp³-hybridized carbons (Fsp3) is 0.450. The van der Waals surface area contributed by atoms with Crippen molar-refractivity contribution >= 4 is 28.6 Å². The van der Waals surface area contributed by atoms with Crippen molar-refractivity contribution in [1.29, 1.82) is 0 Å². The van der Waals surface area contributed by atoms with Crippen LogP contribution < -0.4 is 0 Å². The van der Waals surface area contributed by atoms with Crippen molar-refractivity contribution in [2.75, 3.05) is 19.6 Å². The normalized spacial score (nSPS) is 23.5. The van der Waals surface area contributed by atoms with E-state index in [1.807, 2.05) is 24.3 Å². The molecule has 2 atom stereocenters. The topological polar surface area (TPSA) is 62.6 Å². The van der Waals surface area contributed by atoms with Gasteiger partial charge in [0.25, 0.3) is 5.91 Å². The van der Waals surface area contributed by atoms with Gasteiger partial charge in [-0.1, -0.05) is 32.0 Å². The van der Waals surface area contributed by atoms with Gasteiger partial charge in [-0.05, 0) is 30.4 Å². The van der Waals surface area contributed by atoms with E-state index in [0.717, 1.165) is 22.2 Å². The fourth-order valence-electron chi connectivity index (χ4n) is 4.29. The number of piperidine rings is 1. The van der Waals surface area contributed by atoms with E-state index in [0.29, 0.717) is 30.6 Å². The number of aromatic nitrogens is 1. The lowest BCUT2D eigenvalue weighted by Crippen LogP contribution is -2.52. The largest absolute Gasteiger partial charge is 0.341 e. The number of likely N-dealkylation sites (tertiary alicyclic amines) is 1. The number of hydrogen-bond donors (Lipinski definition) is 0. The summed E-state index contributed by atoms with van der Waals surface area (Å²) in [5.41, 5.74) is 1.34. The van der Waals surface area contributed by atoms with Crippen LogP contribution in [0.4, 0.5) is 0 Å². The number of rotatable bonds is 2. The number of nitrogens with zero attached hydrogens (tertiary/aromatic N) is 3. The van der Waals surface area contributed by atoms with E-state index in [1.54, 1.807) is 15.5 Å². The van der Waals surface area contributed by atoms with Crippen molar-refractivity contribution < 1.29 is 14.4 Å². The number of carbonyl (C=O) groups is 3. The molecule has 3 heterocycles. The molecule has 6 nitrogen and oxygen atoms in total. The van der Waals surface area contributed by atoms with Gasteiger partial charge < -0.3 is 9.47 Å². The van der Waals surface area contributed by atoms with Crippen molar-refractivity contribution in [3.8, 4) is 0 Å². The maximum absolute atomic E-state index is 12.9. The van der Waals surface area contributed by atoms with Crippen LogP contribution in [0.15, 0.2) is 30.3 Å². The lowest BCUT2D eigenvalue weighted by Gasteiger charge is -2.36. The summed E-state index contributed by atoms with van der Waals surface area (Å²) in [4.78, 5) is 41.0. The van der Waals surface area contributed by atoms with Crippen LogP contribution >= 0.6 is 0 Å². The van der Waals surface area contributed by atoms with Gasteiger partial charge in [0.05, 0.1) is 0 Å². The van der Waals surface area contributed by atoms with E-state index in [1.165, 1.54) is 0 Å². The third-order valence-electron chi connectivity index (χ3n) is 5.38. The number of para-hydroxylation sites is 1. The molecule has 4 rings (SSSR count). The van der Waals surface area contributed by atoms with Gasteiger partial charge >= 0.3 is 0 Å². The molecule has 1 saturated heterocycles. The Labute approximate surface area is 152 Å². The van der Waals surface area contributed by atoms with Crippen molar-refractivity contribution in [1.82, 2.24) is 14.4 Å². The molecule has 1 aromatic carbocycles. The molecule has 0 bridgehead atoms. The predicted molar refractivity (Wildman–Crippen MR) is 97.5 cm³/mol. The molecular formula is C20H23N3O3. The maximum Gasteiger partial charge on any atom is 0.277 e. The van der Waals surface area contributed by atoms with Gasteiger partial charge in [0.15, 0.2) is 0 Å². The summed E-state index contributed by atoms with van der Waals surface area (Å²) >= 11 is 0. The third kappa shape index (κ3) is 2.79. The molecule has 0 spiro atoms. The Balaban J connectivity index is 1.57. The molecule has 26 heavy (non-hydrogen) atoms. The van der Waals surface area contributed by atoms with Gasteiger partial charge in [-0.15, -0.1) is 0 Å². The van der Waals surface area contributed by atoms with E-state index >= 15 is 0 Å². The van der Waals surface area contributed by atoms with Gasteiger partial charge in [-0.2, -0.15) is 0 Å². The summed E-state index contributed by atoms with van der Waals surface area (Å²) in [6.07, 6.45) is 1.10. The predicted octanol–water partition coefficient (Wildman–Crippen LogP) is 2.13. The average Bonchev–Trinajstić information content (AvgIpc) is 2.96. The molecule has 1 aromatic heterocycles. The molecule has 0 aliphatic carbocycles. The lowest BCUT2D eigenvalue weighted by atomic mass is 9.92. The molecule has 2 unspecified atom stereocenters. The summed E-state index contributed by atoms with van der Waals surface area (Å²) in [7, 11) is 0. The Hall–Kier alpha value is -2.63. The van der Waals surface area contributed by atoms with Crippen molar-refractivity contribution in [3.63, 3.8) is 0 Å². The Morgan fingerprint density at radius 2 is 1.81 bits per heavy atom. The van der Waals surface area contributed by atoms with Gasteiger partial charge in [-0.25, -0.2) is 0 Å². The van der Waals surface area contributed by atoms with Crippen molar-refractivity contribution in [2.24, 2.45) is 11.8 Å². The van der Waals surface area contributed by atoms with Crippen molar-refractivity contribution in [2.45, 2.75) is 26.8 Å². The van der Waals surface area contributed by atoms with E-state index in [2.05, 4.69) is 13.8 Å². The van der Waals surface area contributed by atoms with E-state index in [9.17, 15) is 14.4 Å². The number of hydrogen-bond acceptors (Lipinski definition) is 3. The maximum atomic E-state index is 12.9. The standard InChI is InChI=1S/C20H23N3O3/c1-13-7-14(2)10-21(9-13)18(24)11-23-19(25)12-22-16-6-4-3-5-15(16)8-17(22)20(23)26/h3-6,8,13-14H,7,9-12H2,1-2H3. The van der Waals surface area contributed by atoms with Gasteiger partial charge in [0.2, 0.25) is 11.8 Å². The minimum atomic E-state index is -0.385. The number of amides is 3. The summed E-state index contributed by atoms with van der Waals surface area (Å²) in [6.45, 7) is 5.57. The molecule has 0 radical (unpaired) electrons. The second-order valence-electron chi connectivity index (χ2n) is 7.70. The van der Waals surface area contributed by atoms with E-state index in [4.69, 9.17) is 0 Å². The monoisotopic (exact) mass is 353 g/mol. The molecule has 2 aliphatic heterocycles. The van der Waals surface area contributed by atoms with Crippen LogP contribution in [0.25, 0.3) is 10.9 Å². The van der Waals surface area contributed by atoms with Crippen LogP contribution in [0.5, 0.6) is 0 Å². The van der Waals surface area contributed by atoms with Gasteiger partial charge in [0, 0.05) is 24.0 Å². The molecule has 136 valence electrons. The highest BCUT2D eigenvalue weighted by molar-refractivity contribution is 6.11. The number of imide groups is 1. The summed E-state index contributed by atoms with van der Waals surface area (Å²) in [5, 5.41) is 0.926. The fourth-order valence-corrected chi connectivity index (χ4v) is 4.29. The molecule has 3 amide bonds. The van der Waals surface area contributed by atoms with Crippen LogP contribution in [0.3, 0.4) is 0 Å². The molecule has 6 heteroatoms. The second kappa shape index (κ2) is 6.27. The second-order valence-corrected chi connectivity index (χ2v) is 7.70. The minimum absolute atomic E-state index is 0.0919. The molecule has 0 N–H and O–H groups in total. The van der Waals surface area contributed by atoms with Crippen LogP contribution in [0, 0.1) is 11.8 Å². The first-order valence-corrected chi connectivity index (χ1v) is 9.14. The smallest absolute Gasteiger partial charge is 0.277 e. The van der Waals surface area contributed by atoms with Gasteiger partial charge in [-0.3, -0.25) is 19.3 Å². The Bertz CT molecular complexity index is 891. The third-order valence-corrected chi connectivity index (χ3v) is 5.38. The first-order chi connectivity index (χ1) is 12.4. The zero-order chi connectivity index (χ0) is 18.4. The first kappa shape index (κ1) is 16.8. The summed E-state index contributed by atoms with van der Waals surface area (Å²) in [6, 6.07) is 9.41. The quantitative estimate of drug-likeness (QED) is 0.777. The molecule has 1 fully saturated rings. The zero-order valence-corrected chi connectivity index (χ0v) is 15.1. The molecule has 2 aliphatic rings. The molecule has 0 saturated carbocycles. The zero-order valence-electron chi connectivity index (χ0n) is 15.1.